The lowest BCUT2D eigenvalue weighted by atomic mass is 10.2. The third-order valence-electron chi connectivity index (χ3n) is 2.61. The molecule has 4 heteroatoms. The zero-order valence-electron chi connectivity index (χ0n) is 10.4. The first-order valence-electron chi connectivity index (χ1n) is 5.81. The van der Waals surface area contributed by atoms with Gasteiger partial charge in [-0.05, 0) is 54.0 Å². The minimum absolute atomic E-state index is 0.0210. The summed E-state index contributed by atoms with van der Waals surface area (Å²) in [5.41, 5.74) is 6.08. The number of furan rings is 1. The van der Waals surface area contributed by atoms with Crippen LogP contribution in [-0.4, -0.2) is 6.04 Å². The van der Waals surface area contributed by atoms with Crippen LogP contribution in [0.25, 0.3) is 0 Å². The maximum atomic E-state index is 6.08. The Bertz CT molecular complexity index is 524. The summed E-state index contributed by atoms with van der Waals surface area (Å²) in [4.78, 5) is 1.17. The summed E-state index contributed by atoms with van der Waals surface area (Å²) >= 11 is 5.28. The van der Waals surface area contributed by atoms with Crippen LogP contribution in [0.4, 0.5) is 0 Å². The van der Waals surface area contributed by atoms with E-state index >= 15 is 0 Å². The van der Waals surface area contributed by atoms with E-state index in [1.54, 1.807) is 11.8 Å². The Labute approximate surface area is 120 Å². The van der Waals surface area contributed by atoms with E-state index in [0.29, 0.717) is 0 Å². The van der Waals surface area contributed by atoms with Gasteiger partial charge in [-0.2, -0.15) is 0 Å². The molecule has 2 atom stereocenters. The van der Waals surface area contributed by atoms with E-state index in [1.807, 2.05) is 44.2 Å². The van der Waals surface area contributed by atoms with Crippen molar-refractivity contribution in [1.29, 1.82) is 0 Å². The van der Waals surface area contributed by atoms with Crippen molar-refractivity contribution in [3.05, 3.63) is 52.4 Å². The minimum Gasteiger partial charge on any atom is -0.465 e. The van der Waals surface area contributed by atoms with E-state index in [-0.39, 0.29) is 11.3 Å². The molecule has 96 valence electrons. The molecule has 0 spiro atoms. The van der Waals surface area contributed by atoms with E-state index in [2.05, 4.69) is 22.0 Å². The molecular weight excluding hydrogens is 310 g/mol. The van der Waals surface area contributed by atoms with Gasteiger partial charge in [-0.1, -0.05) is 12.1 Å². The lowest BCUT2D eigenvalue weighted by Gasteiger charge is -2.18. The maximum absolute atomic E-state index is 6.08. The molecule has 0 radical (unpaired) electrons. The van der Waals surface area contributed by atoms with E-state index in [0.717, 1.165) is 16.0 Å². The monoisotopic (exact) mass is 325 g/mol. The summed E-state index contributed by atoms with van der Waals surface area (Å²) in [5.74, 6) is 1.85. The SMILES string of the molecule is Cc1ccc(C(Sc2ccccc2Br)C(C)N)o1. The molecule has 2 N–H and O–H groups in total. The second-order valence-electron chi connectivity index (χ2n) is 4.28. The number of rotatable bonds is 4. The Morgan fingerprint density at radius 1 is 1.22 bits per heavy atom. The van der Waals surface area contributed by atoms with Crippen molar-refractivity contribution in [3.63, 3.8) is 0 Å². The van der Waals surface area contributed by atoms with Crippen molar-refractivity contribution in [2.24, 2.45) is 5.73 Å². The molecule has 0 aliphatic heterocycles. The zero-order valence-corrected chi connectivity index (χ0v) is 12.8. The highest BCUT2D eigenvalue weighted by atomic mass is 79.9. The zero-order chi connectivity index (χ0) is 13.1. The summed E-state index contributed by atoms with van der Waals surface area (Å²) in [5, 5.41) is 0.123. The van der Waals surface area contributed by atoms with Gasteiger partial charge in [0.25, 0.3) is 0 Å². The first-order chi connectivity index (χ1) is 8.58. The number of hydrogen-bond acceptors (Lipinski definition) is 3. The third kappa shape index (κ3) is 3.19. The van der Waals surface area contributed by atoms with Crippen molar-refractivity contribution < 1.29 is 4.42 Å². The normalized spacial score (nSPS) is 14.4. The van der Waals surface area contributed by atoms with Crippen LogP contribution in [0, 0.1) is 6.92 Å². The fourth-order valence-corrected chi connectivity index (χ4v) is 3.34. The predicted octanol–water partition coefficient (Wildman–Crippen LogP) is 4.53. The molecule has 0 amide bonds. The average Bonchev–Trinajstić information content (AvgIpc) is 2.74. The molecule has 2 nitrogen and oxygen atoms in total. The highest BCUT2D eigenvalue weighted by Gasteiger charge is 2.21. The highest BCUT2D eigenvalue weighted by Crippen LogP contribution is 2.40. The largest absolute Gasteiger partial charge is 0.465 e. The van der Waals surface area contributed by atoms with Gasteiger partial charge in [0.15, 0.2) is 0 Å². The van der Waals surface area contributed by atoms with Crippen LogP contribution >= 0.6 is 27.7 Å². The van der Waals surface area contributed by atoms with Gasteiger partial charge in [0.2, 0.25) is 0 Å². The van der Waals surface area contributed by atoms with Crippen LogP contribution in [0.15, 0.2) is 50.2 Å². The topological polar surface area (TPSA) is 39.2 Å². The Balaban J connectivity index is 2.25. The van der Waals surface area contributed by atoms with Crippen molar-refractivity contribution in [3.8, 4) is 0 Å². The number of nitrogens with two attached hydrogens (primary N) is 1. The fourth-order valence-electron chi connectivity index (χ4n) is 1.71. The van der Waals surface area contributed by atoms with Crippen molar-refractivity contribution in [2.75, 3.05) is 0 Å². The van der Waals surface area contributed by atoms with Gasteiger partial charge < -0.3 is 10.2 Å². The van der Waals surface area contributed by atoms with Gasteiger partial charge in [0.1, 0.15) is 11.5 Å². The molecule has 18 heavy (non-hydrogen) atoms. The summed E-state index contributed by atoms with van der Waals surface area (Å²) in [6, 6.07) is 12.2. The van der Waals surface area contributed by atoms with Crippen LogP contribution in [0.3, 0.4) is 0 Å². The molecule has 0 bridgehead atoms. The van der Waals surface area contributed by atoms with Gasteiger partial charge in [-0.3, -0.25) is 0 Å². The quantitative estimate of drug-likeness (QED) is 0.839. The molecular formula is C14H16BrNOS. The number of halogens is 1. The molecule has 0 saturated carbocycles. The van der Waals surface area contributed by atoms with Gasteiger partial charge in [-0.15, -0.1) is 11.8 Å². The lowest BCUT2D eigenvalue weighted by Crippen LogP contribution is -2.22. The third-order valence-corrected chi connectivity index (χ3v) is 5.09. The minimum atomic E-state index is 0.0210. The van der Waals surface area contributed by atoms with Gasteiger partial charge in [0, 0.05) is 15.4 Å². The summed E-state index contributed by atoms with van der Waals surface area (Å²) < 4.78 is 6.79. The van der Waals surface area contributed by atoms with Gasteiger partial charge in [-0.25, -0.2) is 0 Å². The van der Waals surface area contributed by atoms with Crippen molar-refractivity contribution in [1.82, 2.24) is 0 Å². The smallest absolute Gasteiger partial charge is 0.119 e. The number of thioether (sulfide) groups is 1. The van der Waals surface area contributed by atoms with Crippen molar-refractivity contribution in [2.45, 2.75) is 30.0 Å². The van der Waals surface area contributed by atoms with Crippen LogP contribution in [0.2, 0.25) is 0 Å². The molecule has 1 heterocycles. The standard InChI is InChI=1S/C14H16BrNOS/c1-9-7-8-12(17-9)14(10(2)16)18-13-6-4-3-5-11(13)15/h3-8,10,14H,16H2,1-2H3. The summed E-state index contributed by atoms with van der Waals surface area (Å²) in [6.07, 6.45) is 0. The predicted molar refractivity (Wildman–Crippen MR) is 79.8 cm³/mol. The Morgan fingerprint density at radius 3 is 2.50 bits per heavy atom. The highest BCUT2D eigenvalue weighted by molar-refractivity contribution is 9.10. The first-order valence-corrected chi connectivity index (χ1v) is 7.48. The molecule has 0 fully saturated rings. The molecule has 0 saturated heterocycles. The Kier molecular flexibility index (Phi) is 4.54. The molecule has 1 aromatic heterocycles. The van der Waals surface area contributed by atoms with Crippen LogP contribution in [0.1, 0.15) is 23.7 Å². The second-order valence-corrected chi connectivity index (χ2v) is 6.31. The molecule has 0 aliphatic carbocycles. The van der Waals surface area contributed by atoms with Crippen LogP contribution in [0.5, 0.6) is 0 Å². The van der Waals surface area contributed by atoms with E-state index in [9.17, 15) is 0 Å². The van der Waals surface area contributed by atoms with Gasteiger partial charge >= 0.3 is 0 Å². The fraction of sp³-hybridized carbons (Fsp3) is 0.286. The molecule has 2 rings (SSSR count). The first kappa shape index (κ1) is 13.7. The lowest BCUT2D eigenvalue weighted by molar-refractivity contribution is 0.465. The van der Waals surface area contributed by atoms with E-state index in [1.165, 1.54) is 4.90 Å². The second kappa shape index (κ2) is 5.95. The number of hydrogen-bond donors (Lipinski definition) is 1. The van der Waals surface area contributed by atoms with E-state index in [4.69, 9.17) is 10.2 Å². The summed E-state index contributed by atoms with van der Waals surface area (Å²) in [7, 11) is 0. The molecule has 2 aromatic rings. The number of benzene rings is 1. The van der Waals surface area contributed by atoms with Crippen LogP contribution < -0.4 is 5.73 Å². The maximum Gasteiger partial charge on any atom is 0.119 e. The average molecular weight is 326 g/mol. The number of aryl methyl sites for hydroxylation is 1. The Hall–Kier alpha value is -0.710. The molecule has 2 unspecified atom stereocenters. The summed E-state index contributed by atoms with van der Waals surface area (Å²) in [6.45, 7) is 3.96. The molecule has 1 aromatic carbocycles. The Morgan fingerprint density at radius 2 is 1.94 bits per heavy atom. The van der Waals surface area contributed by atoms with Crippen LogP contribution in [-0.2, 0) is 0 Å². The van der Waals surface area contributed by atoms with E-state index < -0.39 is 0 Å². The van der Waals surface area contributed by atoms with Gasteiger partial charge in [0.05, 0.1) is 5.25 Å². The van der Waals surface area contributed by atoms with Crippen molar-refractivity contribution >= 4 is 27.7 Å². The molecule has 0 aliphatic rings.